The average Bonchev–Trinajstić information content (AvgIpc) is 2.29. The molecule has 0 aliphatic heterocycles. The van der Waals surface area contributed by atoms with Gasteiger partial charge in [0.1, 0.15) is 0 Å². The number of hydrogen-bond donors (Lipinski definition) is 0. The lowest BCUT2D eigenvalue weighted by Gasteiger charge is -2.47. The zero-order chi connectivity index (χ0) is 13.9. The molecule has 0 fully saturated rings. The first-order chi connectivity index (χ1) is 8.38. The van der Waals surface area contributed by atoms with Gasteiger partial charge in [-0.2, -0.15) is 0 Å². The van der Waals surface area contributed by atoms with Crippen LogP contribution in [0.15, 0.2) is 30.8 Å². The fourth-order valence-corrected chi connectivity index (χ4v) is 7.64. The summed E-state index contributed by atoms with van der Waals surface area (Å²) >= 11 is 0. The quantitative estimate of drug-likeness (QED) is 0.738. The summed E-state index contributed by atoms with van der Waals surface area (Å²) in [4.78, 5) is 0. The Morgan fingerprint density at radius 1 is 0.889 bits per heavy atom. The van der Waals surface area contributed by atoms with Gasteiger partial charge in [0.2, 0.25) is 0 Å². The second kappa shape index (κ2) is 5.80. The summed E-state index contributed by atoms with van der Waals surface area (Å²) in [6.07, 6.45) is 1.95. The summed E-state index contributed by atoms with van der Waals surface area (Å²) < 4.78 is 7.07. The van der Waals surface area contributed by atoms with Crippen LogP contribution in [-0.4, -0.2) is 64.5 Å². The summed E-state index contributed by atoms with van der Waals surface area (Å²) in [6, 6.07) is 8.55. The van der Waals surface area contributed by atoms with Crippen molar-refractivity contribution in [1.82, 2.24) is 13.7 Å². The van der Waals surface area contributed by atoms with E-state index in [0.717, 1.165) is 0 Å². The van der Waals surface area contributed by atoms with E-state index in [9.17, 15) is 0 Å². The number of benzene rings is 1. The molecule has 0 amide bonds. The van der Waals surface area contributed by atoms with Crippen LogP contribution in [0.1, 0.15) is 5.56 Å². The van der Waals surface area contributed by atoms with Gasteiger partial charge in [0, 0.05) is 0 Å². The van der Waals surface area contributed by atoms with Crippen molar-refractivity contribution in [2.45, 2.75) is 0 Å². The van der Waals surface area contributed by atoms with Crippen LogP contribution in [0.5, 0.6) is 0 Å². The van der Waals surface area contributed by atoms with Crippen molar-refractivity contribution in [2.24, 2.45) is 0 Å². The Labute approximate surface area is 113 Å². The molecule has 0 unspecified atom stereocenters. The van der Waals surface area contributed by atoms with Gasteiger partial charge in [0.05, 0.1) is 0 Å². The Kier molecular flexibility index (Phi) is 4.87. The molecule has 0 aliphatic rings. The van der Waals surface area contributed by atoms with Crippen molar-refractivity contribution in [3.05, 3.63) is 36.4 Å². The Bertz CT molecular complexity index is 391. The number of nitrogens with zero attached hydrogens (tertiary/aromatic N) is 3. The zero-order valence-corrected chi connectivity index (χ0v) is 13.4. The highest BCUT2D eigenvalue weighted by atomic mass is 28.4. The van der Waals surface area contributed by atoms with E-state index in [1.54, 1.807) is 0 Å². The maximum absolute atomic E-state index is 3.95. The number of rotatable bonds is 5. The first-order valence-electron chi connectivity index (χ1n) is 6.13. The van der Waals surface area contributed by atoms with Crippen LogP contribution in [0.2, 0.25) is 0 Å². The Hall–Kier alpha value is -0.943. The zero-order valence-electron chi connectivity index (χ0n) is 12.4. The molecular weight excluding hydrogens is 238 g/mol. The molecule has 4 heteroatoms. The largest absolute Gasteiger partial charge is 0.322 e. The van der Waals surface area contributed by atoms with E-state index >= 15 is 0 Å². The van der Waals surface area contributed by atoms with Crippen molar-refractivity contribution >= 4 is 19.8 Å². The van der Waals surface area contributed by atoms with Crippen LogP contribution in [0, 0.1) is 0 Å². The third-order valence-electron chi connectivity index (χ3n) is 3.41. The summed E-state index contributed by atoms with van der Waals surface area (Å²) in [5.41, 5.74) is 1.22. The highest BCUT2D eigenvalue weighted by Gasteiger charge is 2.45. The molecule has 0 bridgehead atoms. The minimum atomic E-state index is -2.04. The van der Waals surface area contributed by atoms with E-state index in [4.69, 9.17) is 0 Å². The lowest BCUT2D eigenvalue weighted by atomic mass is 10.2. The first-order valence-corrected chi connectivity index (χ1v) is 7.97. The van der Waals surface area contributed by atoms with Crippen molar-refractivity contribution in [1.29, 1.82) is 0 Å². The molecule has 0 radical (unpaired) electrons. The average molecular weight is 263 g/mol. The second-order valence-corrected chi connectivity index (χ2v) is 9.60. The Morgan fingerprint density at radius 2 is 1.33 bits per heavy atom. The van der Waals surface area contributed by atoms with Crippen LogP contribution in [-0.2, 0) is 0 Å². The van der Waals surface area contributed by atoms with Gasteiger partial charge in [-0.05, 0) is 53.0 Å². The van der Waals surface area contributed by atoms with Gasteiger partial charge < -0.3 is 13.7 Å². The van der Waals surface area contributed by atoms with Crippen LogP contribution in [0.3, 0.4) is 0 Å². The highest BCUT2D eigenvalue weighted by Crippen LogP contribution is 2.16. The molecule has 3 nitrogen and oxygen atoms in total. The van der Waals surface area contributed by atoms with Crippen molar-refractivity contribution in [3.63, 3.8) is 0 Å². The van der Waals surface area contributed by atoms with Crippen LogP contribution in [0.25, 0.3) is 6.08 Å². The van der Waals surface area contributed by atoms with Gasteiger partial charge in [-0.3, -0.25) is 0 Å². The van der Waals surface area contributed by atoms with Crippen LogP contribution in [0.4, 0.5) is 0 Å². The van der Waals surface area contributed by atoms with Crippen molar-refractivity contribution < 1.29 is 0 Å². The molecule has 0 N–H and O–H groups in total. The Morgan fingerprint density at radius 3 is 1.72 bits per heavy atom. The van der Waals surface area contributed by atoms with E-state index in [2.05, 4.69) is 86.8 Å². The molecule has 0 saturated heterocycles. The van der Waals surface area contributed by atoms with Gasteiger partial charge in [-0.15, -0.1) is 0 Å². The maximum atomic E-state index is 3.95. The van der Waals surface area contributed by atoms with Gasteiger partial charge >= 0.3 is 8.56 Å². The van der Waals surface area contributed by atoms with E-state index in [1.807, 2.05) is 6.08 Å². The summed E-state index contributed by atoms with van der Waals surface area (Å²) in [5, 5.41) is 1.38. The molecule has 18 heavy (non-hydrogen) atoms. The predicted molar refractivity (Wildman–Crippen MR) is 83.0 cm³/mol. The SMILES string of the molecule is C=Cc1ccccc1[Si](N(C)C)(N(C)C)N(C)C. The fourth-order valence-electron chi connectivity index (χ4n) is 2.90. The summed E-state index contributed by atoms with van der Waals surface area (Å²) in [5.74, 6) is 0. The molecule has 1 rings (SSSR count). The van der Waals surface area contributed by atoms with Gasteiger partial charge in [-0.25, -0.2) is 0 Å². The van der Waals surface area contributed by atoms with Crippen molar-refractivity contribution in [3.8, 4) is 0 Å². The molecule has 0 spiro atoms. The standard InChI is InChI=1S/C14H25N3Si/c1-8-13-11-9-10-12-14(13)18(15(2)3,16(4)5)17(6)7/h8-12H,1H2,2-7H3. The van der Waals surface area contributed by atoms with Crippen LogP contribution < -0.4 is 5.19 Å². The van der Waals surface area contributed by atoms with Gasteiger partial charge in [0.25, 0.3) is 0 Å². The molecular formula is C14H25N3Si. The summed E-state index contributed by atoms with van der Waals surface area (Å²) in [7, 11) is 10.9. The van der Waals surface area contributed by atoms with Gasteiger partial charge in [0.15, 0.2) is 0 Å². The molecule has 0 aliphatic carbocycles. The first kappa shape index (κ1) is 15.1. The minimum Gasteiger partial charge on any atom is -0.301 e. The molecule has 0 aromatic heterocycles. The molecule has 0 saturated carbocycles. The molecule has 0 atom stereocenters. The molecule has 100 valence electrons. The topological polar surface area (TPSA) is 9.72 Å². The molecule has 1 aromatic rings. The minimum absolute atomic E-state index is 1.22. The predicted octanol–water partition coefficient (Wildman–Crippen LogP) is 1.16. The third-order valence-corrected chi connectivity index (χ3v) is 8.33. The normalized spacial score (nSPS) is 12.5. The molecule has 0 heterocycles. The van der Waals surface area contributed by atoms with E-state index in [-0.39, 0.29) is 0 Å². The monoisotopic (exact) mass is 263 g/mol. The third kappa shape index (κ3) is 2.29. The molecule has 1 aromatic carbocycles. The lowest BCUT2D eigenvalue weighted by Crippen LogP contribution is -2.77. The Balaban J connectivity index is 3.56. The van der Waals surface area contributed by atoms with E-state index in [1.165, 1.54) is 10.8 Å². The maximum Gasteiger partial charge on any atom is 0.322 e. The number of hydrogen-bond acceptors (Lipinski definition) is 3. The smallest absolute Gasteiger partial charge is 0.301 e. The lowest BCUT2D eigenvalue weighted by molar-refractivity contribution is 0.396. The highest BCUT2D eigenvalue weighted by molar-refractivity contribution is 6.85. The van der Waals surface area contributed by atoms with E-state index in [0.29, 0.717) is 0 Å². The van der Waals surface area contributed by atoms with Gasteiger partial charge in [-0.1, -0.05) is 36.9 Å². The van der Waals surface area contributed by atoms with E-state index < -0.39 is 8.56 Å². The fraction of sp³-hybridized carbons (Fsp3) is 0.429. The van der Waals surface area contributed by atoms with Crippen molar-refractivity contribution in [2.75, 3.05) is 42.3 Å². The second-order valence-electron chi connectivity index (χ2n) is 5.11. The van der Waals surface area contributed by atoms with Crippen LogP contribution >= 0.6 is 0 Å². The summed E-state index contributed by atoms with van der Waals surface area (Å²) in [6.45, 7) is 3.95.